The number of sulfonamides is 1. The molecule has 14 heavy (non-hydrogen) atoms. The molecule has 0 saturated carbocycles. The summed E-state index contributed by atoms with van der Waals surface area (Å²) in [5.41, 5.74) is 1.45. The molecule has 0 fully saturated rings. The van der Waals surface area contributed by atoms with E-state index in [1.54, 1.807) is 24.3 Å². The SMILES string of the molecule is Cc1cccc(NS(=O)(=O)CC#N)c1. The number of hydrogen-bond donors (Lipinski definition) is 1. The highest BCUT2D eigenvalue weighted by atomic mass is 32.2. The molecule has 0 atom stereocenters. The molecule has 0 bridgehead atoms. The molecular weight excluding hydrogens is 200 g/mol. The lowest BCUT2D eigenvalue weighted by Gasteiger charge is -2.04. The third-order valence-corrected chi connectivity index (χ3v) is 2.60. The van der Waals surface area contributed by atoms with Gasteiger partial charge >= 0.3 is 0 Å². The first-order valence-electron chi connectivity index (χ1n) is 3.97. The molecule has 1 aromatic carbocycles. The van der Waals surface area contributed by atoms with Crippen molar-refractivity contribution in [2.45, 2.75) is 6.92 Å². The van der Waals surface area contributed by atoms with Crippen LogP contribution in [0.3, 0.4) is 0 Å². The Morgan fingerprint density at radius 2 is 2.21 bits per heavy atom. The number of benzene rings is 1. The predicted octanol–water partition coefficient (Wildman–Crippen LogP) is 1.26. The quantitative estimate of drug-likeness (QED) is 0.816. The minimum atomic E-state index is -3.51. The summed E-state index contributed by atoms with van der Waals surface area (Å²) in [6, 6.07) is 8.55. The first kappa shape index (κ1) is 10.5. The van der Waals surface area contributed by atoms with Crippen LogP contribution in [0.25, 0.3) is 0 Å². The van der Waals surface area contributed by atoms with Gasteiger partial charge in [-0.1, -0.05) is 12.1 Å². The Bertz CT molecular complexity index is 460. The number of aryl methyl sites for hydroxylation is 1. The zero-order chi connectivity index (χ0) is 10.6. The van der Waals surface area contributed by atoms with E-state index in [4.69, 9.17) is 5.26 Å². The van der Waals surface area contributed by atoms with Gasteiger partial charge in [0.2, 0.25) is 10.0 Å². The number of nitrogens with zero attached hydrogens (tertiary/aromatic N) is 1. The maximum absolute atomic E-state index is 11.2. The molecule has 74 valence electrons. The fraction of sp³-hybridized carbons (Fsp3) is 0.222. The van der Waals surface area contributed by atoms with Crippen LogP contribution in [0.4, 0.5) is 5.69 Å². The highest BCUT2D eigenvalue weighted by molar-refractivity contribution is 7.92. The lowest BCUT2D eigenvalue weighted by Crippen LogP contribution is -2.15. The van der Waals surface area contributed by atoms with Gasteiger partial charge in [-0.15, -0.1) is 0 Å². The molecule has 0 heterocycles. The molecule has 0 aliphatic rings. The summed E-state index contributed by atoms with van der Waals surface area (Å²) in [7, 11) is -3.51. The highest BCUT2D eigenvalue weighted by Gasteiger charge is 2.08. The van der Waals surface area contributed by atoms with Gasteiger partial charge in [-0.05, 0) is 24.6 Å². The number of rotatable bonds is 3. The molecule has 1 rings (SSSR count). The fourth-order valence-corrected chi connectivity index (χ4v) is 1.74. The molecule has 0 aromatic heterocycles. The first-order chi connectivity index (χ1) is 6.53. The second kappa shape index (κ2) is 4.11. The topological polar surface area (TPSA) is 70.0 Å². The van der Waals surface area contributed by atoms with E-state index in [1.807, 2.05) is 13.0 Å². The first-order valence-corrected chi connectivity index (χ1v) is 5.63. The van der Waals surface area contributed by atoms with E-state index in [-0.39, 0.29) is 0 Å². The summed E-state index contributed by atoms with van der Waals surface area (Å²) in [6.07, 6.45) is 0. The minimum Gasteiger partial charge on any atom is -0.283 e. The molecule has 0 saturated heterocycles. The highest BCUT2D eigenvalue weighted by Crippen LogP contribution is 2.11. The molecule has 0 spiro atoms. The van der Waals surface area contributed by atoms with Crippen LogP contribution in [0.15, 0.2) is 24.3 Å². The smallest absolute Gasteiger partial charge is 0.246 e. The molecule has 0 amide bonds. The Kier molecular flexibility index (Phi) is 3.10. The van der Waals surface area contributed by atoms with Crippen LogP contribution < -0.4 is 4.72 Å². The Hall–Kier alpha value is -1.54. The van der Waals surface area contributed by atoms with Gasteiger partial charge < -0.3 is 0 Å². The van der Waals surface area contributed by atoms with Crippen molar-refractivity contribution in [2.75, 3.05) is 10.5 Å². The summed E-state index contributed by atoms with van der Waals surface area (Å²) in [6.45, 7) is 1.86. The van der Waals surface area contributed by atoms with E-state index >= 15 is 0 Å². The molecule has 1 N–H and O–H groups in total. The molecule has 0 unspecified atom stereocenters. The number of nitriles is 1. The summed E-state index contributed by atoms with van der Waals surface area (Å²) < 4.78 is 24.7. The third kappa shape index (κ3) is 3.07. The Morgan fingerprint density at radius 3 is 2.79 bits per heavy atom. The van der Waals surface area contributed by atoms with Crippen molar-refractivity contribution < 1.29 is 8.42 Å². The van der Waals surface area contributed by atoms with Crippen LogP contribution in [0.5, 0.6) is 0 Å². The van der Waals surface area contributed by atoms with Crippen molar-refractivity contribution in [1.29, 1.82) is 5.26 Å². The Morgan fingerprint density at radius 1 is 1.50 bits per heavy atom. The van der Waals surface area contributed by atoms with Gasteiger partial charge in [0.25, 0.3) is 0 Å². The van der Waals surface area contributed by atoms with Crippen molar-refractivity contribution in [1.82, 2.24) is 0 Å². The summed E-state index contributed by atoms with van der Waals surface area (Å²) in [5.74, 6) is -0.527. The van der Waals surface area contributed by atoms with E-state index in [2.05, 4.69) is 4.72 Å². The Balaban J connectivity index is 2.85. The molecular formula is C9H10N2O2S. The van der Waals surface area contributed by atoms with E-state index < -0.39 is 15.8 Å². The van der Waals surface area contributed by atoms with Gasteiger partial charge in [-0.3, -0.25) is 4.72 Å². The zero-order valence-electron chi connectivity index (χ0n) is 7.69. The van der Waals surface area contributed by atoms with E-state index in [1.165, 1.54) is 0 Å². The van der Waals surface area contributed by atoms with Crippen molar-refractivity contribution in [3.8, 4) is 6.07 Å². The monoisotopic (exact) mass is 210 g/mol. The maximum Gasteiger partial charge on any atom is 0.246 e. The second-order valence-electron chi connectivity index (χ2n) is 2.89. The molecule has 5 heteroatoms. The van der Waals surface area contributed by atoms with Gasteiger partial charge in [0.1, 0.15) is 0 Å². The second-order valence-corrected chi connectivity index (χ2v) is 4.61. The van der Waals surface area contributed by atoms with Crippen molar-refractivity contribution in [3.05, 3.63) is 29.8 Å². The zero-order valence-corrected chi connectivity index (χ0v) is 8.50. The van der Waals surface area contributed by atoms with E-state index in [0.29, 0.717) is 5.69 Å². The largest absolute Gasteiger partial charge is 0.283 e. The summed E-state index contributed by atoms with van der Waals surface area (Å²) in [4.78, 5) is 0. The maximum atomic E-state index is 11.2. The molecule has 0 aliphatic carbocycles. The number of nitrogens with one attached hydrogen (secondary N) is 1. The Labute approximate surface area is 83.2 Å². The van der Waals surface area contributed by atoms with Gasteiger partial charge in [-0.2, -0.15) is 5.26 Å². The molecule has 4 nitrogen and oxygen atoms in total. The van der Waals surface area contributed by atoms with E-state index in [0.717, 1.165) is 5.56 Å². The van der Waals surface area contributed by atoms with Gasteiger partial charge in [0.15, 0.2) is 5.75 Å². The van der Waals surface area contributed by atoms with Crippen LogP contribution >= 0.6 is 0 Å². The van der Waals surface area contributed by atoms with Crippen molar-refractivity contribution in [3.63, 3.8) is 0 Å². The minimum absolute atomic E-state index is 0.486. The van der Waals surface area contributed by atoms with Crippen LogP contribution in [0.2, 0.25) is 0 Å². The predicted molar refractivity (Wildman–Crippen MR) is 54.2 cm³/mol. The van der Waals surface area contributed by atoms with Crippen LogP contribution in [0, 0.1) is 18.3 Å². The average Bonchev–Trinajstić information content (AvgIpc) is 2.02. The summed E-state index contributed by atoms with van der Waals surface area (Å²) >= 11 is 0. The normalized spacial score (nSPS) is 10.6. The molecule has 0 aliphatic heterocycles. The lowest BCUT2D eigenvalue weighted by atomic mass is 10.2. The van der Waals surface area contributed by atoms with Crippen LogP contribution in [-0.4, -0.2) is 14.2 Å². The van der Waals surface area contributed by atoms with E-state index in [9.17, 15) is 8.42 Å². The fourth-order valence-electron chi connectivity index (χ4n) is 1.01. The summed E-state index contributed by atoms with van der Waals surface area (Å²) in [5, 5.41) is 8.27. The van der Waals surface area contributed by atoms with Crippen molar-refractivity contribution >= 4 is 15.7 Å². The third-order valence-electron chi connectivity index (χ3n) is 1.55. The molecule has 0 radical (unpaired) electrons. The standard InChI is InChI=1S/C9H10N2O2S/c1-8-3-2-4-9(7-8)11-14(12,13)6-5-10/h2-4,7,11H,6H2,1H3. The van der Waals surface area contributed by atoms with Gasteiger partial charge in [0, 0.05) is 5.69 Å². The average molecular weight is 210 g/mol. The van der Waals surface area contributed by atoms with Gasteiger partial charge in [0.05, 0.1) is 6.07 Å². The van der Waals surface area contributed by atoms with Crippen molar-refractivity contribution in [2.24, 2.45) is 0 Å². The van der Waals surface area contributed by atoms with Crippen LogP contribution in [0.1, 0.15) is 5.56 Å². The lowest BCUT2D eigenvalue weighted by molar-refractivity contribution is 0.604. The molecule has 1 aromatic rings. The number of anilines is 1. The number of hydrogen-bond acceptors (Lipinski definition) is 3. The van der Waals surface area contributed by atoms with Gasteiger partial charge in [-0.25, -0.2) is 8.42 Å². The van der Waals surface area contributed by atoms with Crippen LogP contribution in [-0.2, 0) is 10.0 Å².